The molecule has 0 bridgehead atoms. The molecule has 6 heteroatoms. The highest BCUT2D eigenvalue weighted by Crippen LogP contribution is 2.22. The van der Waals surface area contributed by atoms with Crippen molar-refractivity contribution in [1.82, 2.24) is 0 Å². The molecule has 0 unspecified atom stereocenters. The molecule has 2 N–H and O–H groups in total. The summed E-state index contributed by atoms with van der Waals surface area (Å²) in [5, 5.41) is 10.6. The summed E-state index contributed by atoms with van der Waals surface area (Å²) in [5.74, 6) is -2.45. The summed E-state index contributed by atoms with van der Waals surface area (Å²) >= 11 is 3.10. The van der Waals surface area contributed by atoms with E-state index in [1.807, 2.05) is 0 Å². The van der Waals surface area contributed by atoms with Gasteiger partial charge in [-0.1, -0.05) is 0 Å². The van der Waals surface area contributed by atoms with Crippen molar-refractivity contribution >= 4 is 33.5 Å². The zero-order chi connectivity index (χ0) is 11.4. The lowest BCUT2D eigenvalue weighted by Crippen LogP contribution is -2.16. The summed E-state index contributed by atoms with van der Waals surface area (Å²) in [7, 11) is 0. The second-order valence-corrected chi connectivity index (χ2v) is 3.60. The maximum Gasteiger partial charge on any atom is 0.312 e. The zero-order valence-electron chi connectivity index (χ0n) is 7.46. The minimum Gasteiger partial charge on any atom is -0.481 e. The molecule has 0 atom stereocenters. The number of hydrogen-bond acceptors (Lipinski definition) is 2. The molecule has 0 aliphatic rings. The molecule has 4 nitrogen and oxygen atoms in total. The van der Waals surface area contributed by atoms with Crippen LogP contribution in [0.3, 0.4) is 0 Å². The number of aliphatic carboxylic acids is 1. The number of halogens is 2. The van der Waals surface area contributed by atoms with E-state index in [9.17, 15) is 14.0 Å². The van der Waals surface area contributed by atoms with Crippen LogP contribution in [0.5, 0.6) is 0 Å². The van der Waals surface area contributed by atoms with E-state index in [4.69, 9.17) is 5.11 Å². The first-order valence-corrected chi connectivity index (χ1v) is 4.75. The van der Waals surface area contributed by atoms with Gasteiger partial charge in [-0.3, -0.25) is 9.59 Å². The van der Waals surface area contributed by atoms with Gasteiger partial charge in [-0.25, -0.2) is 4.39 Å². The van der Waals surface area contributed by atoms with E-state index in [1.165, 1.54) is 12.1 Å². The topological polar surface area (TPSA) is 66.4 Å². The lowest BCUT2D eigenvalue weighted by atomic mass is 10.3. The van der Waals surface area contributed by atoms with Crippen molar-refractivity contribution in [2.75, 3.05) is 5.32 Å². The van der Waals surface area contributed by atoms with Gasteiger partial charge in [0.1, 0.15) is 12.2 Å². The molecule has 1 amide bonds. The first-order chi connectivity index (χ1) is 6.99. The van der Waals surface area contributed by atoms with Gasteiger partial charge in [-0.15, -0.1) is 0 Å². The number of carbonyl (C=O) groups is 2. The van der Waals surface area contributed by atoms with Gasteiger partial charge >= 0.3 is 5.97 Å². The Labute approximate surface area is 93.2 Å². The van der Waals surface area contributed by atoms with E-state index in [0.29, 0.717) is 4.47 Å². The van der Waals surface area contributed by atoms with Gasteiger partial charge in [-0.05, 0) is 34.1 Å². The van der Waals surface area contributed by atoms with Crippen molar-refractivity contribution in [2.24, 2.45) is 0 Å². The Morgan fingerprint density at radius 1 is 1.47 bits per heavy atom. The fourth-order valence-corrected chi connectivity index (χ4v) is 1.27. The molecule has 1 aromatic carbocycles. The third-order valence-corrected chi connectivity index (χ3v) is 2.21. The summed E-state index contributed by atoms with van der Waals surface area (Å²) in [4.78, 5) is 21.3. The first kappa shape index (κ1) is 11.6. The quantitative estimate of drug-likeness (QED) is 0.830. The van der Waals surface area contributed by atoms with Gasteiger partial charge in [-0.2, -0.15) is 0 Å². The summed E-state index contributed by atoms with van der Waals surface area (Å²) in [6.07, 6.45) is -0.650. The molecule has 80 valence electrons. The molecule has 0 aliphatic heterocycles. The summed E-state index contributed by atoms with van der Waals surface area (Å²) in [6, 6.07) is 3.74. The van der Waals surface area contributed by atoms with Gasteiger partial charge in [0.15, 0.2) is 0 Å². The van der Waals surface area contributed by atoms with Crippen molar-refractivity contribution < 1.29 is 19.1 Å². The standard InChI is InChI=1S/C9H7BrFNO3/c10-6-2-1-5(11)3-7(6)12-8(13)4-9(14)15/h1-3H,4H2,(H,12,13)(H,14,15). The molecule has 0 fully saturated rings. The van der Waals surface area contributed by atoms with E-state index in [1.54, 1.807) is 0 Å². The van der Waals surface area contributed by atoms with Gasteiger partial charge in [0.25, 0.3) is 0 Å². The van der Waals surface area contributed by atoms with Crippen LogP contribution in [0.15, 0.2) is 22.7 Å². The average molecular weight is 276 g/mol. The maximum absolute atomic E-state index is 12.8. The number of carbonyl (C=O) groups excluding carboxylic acids is 1. The van der Waals surface area contributed by atoms with Crippen molar-refractivity contribution in [3.8, 4) is 0 Å². The minimum absolute atomic E-state index is 0.209. The molecule has 0 spiro atoms. The largest absolute Gasteiger partial charge is 0.481 e. The highest BCUT2D eigenvalue weighted by atomic mass is 79.9. The number of carboxylic acid groups (broad SMARTS) is 1. The zero-order valence-corrected chi connectivity index (χ0v) is 9.04. The Morgan fingerprint density at radius 2 is 2.13 bits per heavy atom. The first-order valence-electron chi connectivity index (χ1n) is 3.95. The molecule has 0 aromatic heterocycles. The molecule has 1 rings (SSSR count). The van der Waals surface area contributed by atoms with Crippen LogP contribution in [0.4, 0.5) is 10.1 Å². The fraction of sp³-hybridized carbons (Fsp3) is 0.111. The van der Waals surface area contributed by atoms with Crippen molar-refractivity contribution in [3.05, 3.63) is 28.5 Å². The smallest absolute Gasteiger partial charge is 0.312 e. The van der Waals surface area contributed by atoms with Crippen molar-refractivity contribution in [3.63, 3.8) is 0 Å². The number of carboxylic acids is 1. The monoisotopic (exact) mass is 275 g/mol. The molecule has 15 heavy (non-hydrogen) atoms. The van der Waals surface area contributed by atoms with E-state index >= 15 is 0 Å². The lowest BCUT2D eigenvalue weighted by Gasteiger charge is -2.05. The SMILES string of the molecule is O=C(O)CC(=O)Nc1cc(F)ccc1Br. The Balaban J connectivity index is 2.76. The van der Waals surface area contributed by atoms with Crippen molar-refractivity contribution in [2.45, 2.75) is 6.42 Å². The molecule has 0 radical (unpaired) electrons. The van der Waals surface area contributed by atoms with Crippen molar-refractivity contribution in [1.29, 1.82) is 0 Å². The maximum atomic E-state index is 12.8. The van der Waals surface area contributed by atoms with E-state index < -0.39 is 24.1 Å². The predicted octanol–water partition coefficient (Wildman–Crippen LogP) is 2.00. The number of anilines is 1. The Morgan fingerprint density at radius 3 is 2.73 bits per heavy atom. The van der Waals surface area contributed by atoms with Crippen LogP contribution in [0.25, 0.3) is 0 Å². The van der Waals surface area contributed by atoms with Crippen LogP contribution in [0.1, 0.15) is 6.42 Å². The molecule has 0 saturated carbocycles. The third-order valence-electron chi connectivity index (χ3n) is 1.51. The Bertz CT molecular complexity index is 408. The fourth-order valence-electron chi connectivity index (χ4n) is 0.925. The van der Waals surface area contributed by atoms with E-state index in [0.717, 1.165) is 6.07 Å². The van der Waals surface area contributed by atoms with Crippen LogP contribution in [0.2, 0.25) is 0 Å². The lowest BCUT2D eigenvalue weighted by molar-refractivity contribution is -0.139. The molecule has 0 heterocycles. The number of nitrogens with one attached hydrogen (secondary N) is 1. The molecule has 0 aliphatic carbocycles. The van der Waals surface area contributed by atoms with Gasteiger partial charge in [0.05, 0.1) is 5.69 Å². The molecule has 0 saturated heterocycles. The minimum atomic E-state index is -1.24. The van der Waals surface area contributed by atoms with Gasteiger partial charge in [0.2, 0.25) is 5.91 Å². The number of benzene rings is 1. The number of amides is 1. The molecule has 1 aromatic rings. The van der Waals surface area contributed by atoms with Gasteiger partial charge in [0, 0.05) is 4.47 Å². The summed E-state index contributed by atoms with van der Waals surface area (Å²) in [6.45, 7) is 0. The molecular weight excluding hydrogens is 269 g/mol. The van der Waals surface area contributed by atoms with Crippen LogP contribution in [-0.2, 0) is 9.59 Å². The highest BCUT2D eigenvalue weighted by molar-refractivity contribution is 9.10. The number of hydrogen-bond donors (Lipinski definition) is 2. The predicted molar refractivity (Wildman–Crippen MR) is 55.0 cm³/mol. The van der Waals surface area contributed by atoms with E-state index in [2.05, 4.69) is 21.2 Å². The Kier molecular flexibility index (Phi) is 3.79. The van der Waals surface area contributed by atoms with Crippen LogP contribution in [0, 0.1) is 5.82 Å². The molecular formula is C9H7BrFNO3. The summed E-state index contributed by atoms with van der Waals surface area (Å²) < 4.78 is 13.3. The second-order valence-electron chi connectivity index (χ2n) is 2.74. The number of rotatable bonds is 3. The Hall–Kier alpha value is -1.43. The van der Waals surface area contributed by atoms with E-state index in [-0.39, 0.29) is 5.69 Å². The third kappa shape index (κ3) is 3.67. The average Bonchev–Trinajstić information content (AvgIpc) is 2.10. The summed E-state index contributed by atoms with van der Waals surface area (Å²) in [5.41, 5.74) is 0.209. The van der Waals surface area contributed by atoms with Crippen LogP contribution >= 0.6 is 15.9 Å². The second kappa shape index (κ2) is 4.88. The van der Waals surface area contributed by atoms with Crippen LogP contribution < -0.4 is 5.32 Å². The highest BCUT2D eigenvalue weighted by Gasteiger charge is 2.10. The van der Waals surface area contributed by atoms with Gasteiger partial charge < -0.3 is 10.4 Å². The van der Waals surface area contributed by atoms with Crippen LogP contribution in [-0.4, -0.2) is 17.0 Å². The normalized spacial score (nSPS) is 9.73.